The van der Waals surface area contributed by atoms with Gasteiger partial charge in [-0.3, -0.25) is 4.57 Å². The lowest BCUT2D eigenvalue weighted by molar-refractivity contribution is 0.251. The molecule has 0 saturated heterocycles. The molecule has 1 aromatic heterocycles. The number of amides is 1. The van der Waals surface area contributed by atoms with Crippen molar-refractivity contribution in [1.29, 1.82) is 0 Å². The number of fused-ring (bicyclic) bond motifs is 1. The third-order valence-corrected chi connectivity index (χ3v) is 2.39. The minimum absolute atomic E-state index is 0.465. The summed E-state index contributed by atoms with van der Waals surface area (Å²) in [6.45, 7) is 0. The number of carbonyl (C=O) groups excluding carboxylic acids is 1. The Labute approximate surface area is 83.3 Å². The van der Waals surface area contributed by atoms with Crippen LogP contribution in [0.2, 0.25) is 0 Å². The zero-order chi connectivity index (χ0) is 9.42. The molecule has 2 aromatic rings. The first-order chi connectivity index (χ1) is 6.18. The molecule has 0 spiro atoms. The van der Waals surface area contributed by atoms with Gasteiger partial charge in [0.25, 0.3) is 0 Å². The van der Waals surface area contributed by atoms with Gasteiger partial charge in [0, 0.05) is 16.1 Å². The average Bonchev–Trinajstić information content (AvgIpc) is 2.46. The molecule has 2 rings (SSSR count). The maximum atomic E-state index is 11.0. The van der Waals surface area contributed by atoms with E-state index in [-0.39, 0.29) is 0 Å². The van der Waals surface area contributed by atoms with Crippen molar-refractivity contribution in [2.75, 3.05) is 0 Å². The Bertz CT molecular complexity index is 475. The monoisotopic (exact) mass is 238 g/mol. The third-order valence-electron chi connectivity index (χ3n) is 1.89. The number of aromatic nitrogens is 1. The van der Waals surface area contributed by atoms with Crippen LogP contribution in [0.25, 0.3) is 10.9 Å². The molecule has 0 atom stereocenters. The Morgan fingerprint density at radius 2 is 2.15 bits per heavy atom. The molecule has 3 nitrogen and oxygen atoms in total. The van der Waals surface area contributed by atoms with E-state index < -0.39 is 6.03 Å². The molecular formula is C9H7BrN2O. The summed E-state index contributed by atoms with van der Waals surface area (Å²) in [5.41, 5.74) is 6.00. The van der Waals surface area contributed by atoms with Gasteiger partial charge in [-0.2, -0.15) is 0 Å². The molecule has 0 saturated carbocycles. The second-order valence-electron chi connectivity index (χ2n) is 2.73. The summed E-state index contributed by atoms with van der Waals surface area (Å²) in [5, 5.41) is 1.00. The van der Waals surface area contributed by atoms with Gasteiger partial charge in [0.05, 0.1) is 5.52 Å². The van der Waals surface area contributed by atoms with Crippen LogP contribution in [-0.2, 0) is 0 Å². The van der Waals surface area contributed by atoms with Crippen LogP contribution in [-0.4, -0.2) is 10.6 Å². The molecule has 1 amide bonds. The molecule has 0 aliphatic rings. The largest absolute Gasteiger partial charge is 0.351 e. The molecule has 0 aliphatic heterocycles. The van der Waals surface area contributed by atoms with Gasteiger partial charge in [-0.05, 0) is 18.2 Å². The number of halogens is 1. The molecule has 0 bridgehead atoms. The summed E-state index contributed by atoms with van der Waals surface area (Å²) in [4.78, 5) is 11.0. The van der Waals surface area contributed by atoms with Gasteiger partial charge in [-0.15, -0.1) is 0 Å². The number of rotatable bonds is 0. The highest BCUT2D eigenvalue weighted by Gasteiger charge is 2.04. The summed E-state index contributed by atoms with van der Waals surface area (Å²) in [5.74, 6) is 0. The molecule has 66 valence electrons. The molecule has 0 aliphatic carbocycles. The van der Waals surface area contributed by atoms with E-state index >= 15 is 0 Å². The van der Waals surface area contributed by atoms with E-state index in [0.29, 0.717) is 0 Å². The predicted molar refractivity (Wildman–Crippen MR) is 54.6 cm³/mol. The molecule has 1 aromatic carbocycles. The Morgan fingerprint density at radius 3 is 2.85 bits per heavy atom. The van der Waals surface area contributed by atoms with Gasteiger partial charge in [0.1, 0.15) is 0 Å². The van der Waals surface area contributed by atoms with E-state index in [1.165, 1.54) is 4.57 Å². The summed E-state index contributed by atoms with van der Waals surface area (Å²) in [7, 11) is 0. The van der Waals surface area contributed by atoms with Crippen molar-refractivity contribution in [3.63, 3.8) is 0 Å². The Balaban J connectivity index is 2.79. The SMILES string of the molecule is NC(=O)n1ccc2ccc(Br)cc21. The molecule has 2 N–H and O–H groups in total. The first kappa shape index (κ1) is 8.31. The van der Waals surface area contributed by atoms with Gasteiger partial charge in [-0.25, -0.2) is 4.79 Å². The first-order valence-corrected chi connectivity index (χ1v) is 4.54. The lowest BCUT2D eigenvalue weighted by Crippen LogP contribution is -2.17. The Kier molecular flexibility index (Phi) is 1.84. The second-order valence-corrected chi connectivity index (χ2v) is 3.64. The minimum Gasteiger partial charge on any atom is -0.351 e. The van der Waals surface area contributed by atoms with E-state index in [0.717, 1.165) is 15.4 Å². The average molecular weight is 239 g/mol. The zero-order valence-corrected chi connectivity index (χ0v) is 8.28. The third kappa shape index (κ3) is 1.33. The minimum atomic E-state index is -0.465. The van der Waals surface area contributed by atoms with Crippen LogP contribution in [0.4, 0.5) is 4.79 Å². The quantitative estimate of drug-likeness (QED) is 0.753. The van der Waals surface area contributed by atoms with Gasteiger partial charge < -0.3 is 5.73 Å². The lowest BCUT2D eigenvalue weighted by atomic mass is 10.2. The number of nitrogens with zero attached hydrogens (tertiary/aromatic N) is 1. The highest BCUT2D eigenvalue weighted by molar-refractivity contribution is 9.10. The van der Waals surface area contributed by atoms with E-state index in [9.17, 15) is 4.79 Å². The van der Waals surface area contributed by atoms with Crippen molar-refractivity contribution < 1.29 is 4.79 Å². The standard InChI is InChI=1S/C9H7BrN2O/c10-7-2-1-6-3-4-12(9(11)13)8(6)5-7/h1-5H,(H2,11,13). The van der Waals surface area contributed by atoms with Crippen molar-refractivity contribution in [3.05, 3.63) is 34.9 Å². The number of carbonyl (C=O) groups is 1. The van der Waals surface area contributed by atoms with Crippen molar-refractivity contribution in [2.45, 2.75) is 0 Å². The van der Waals surface area contributed by atoms with Crippen molar-refractivity contribution >= 4 is 32.9 Å². The summed E-state index contributed by atoms with van der Waals surface area (Å²) in [6.07, 6.45) is 1.67. The van der Waals surface area contributed by atoms with Crippen LogP contribution < -0.4 is 5.73 Å². The molecule has 0 radical (unpaired) electrons. The molecule has 13 heavy (non-hydrogen) atoms. The smallest absolute Gasteiger partial charge is 0.323 e. The van der Waals surface area contributed by atoms with Crippen LogP contribution in [0.3, 0.4) is 0 Å². The number of benzene rings is 1. The van der Waals surface area contributed by atoms with Gasteiger partial charge in [-0.1, -0.05) is 22.0 Å². The molecule has 0 fully saturated rings. The van der Waals surface area contributed by atoms with Crippen LogP contribution >= 0.6 is 15.9 Å². The van der Waals surface area contributed by atoms with E-state index in [4.69, 9.17) is 5.73 Å². The molecular weight excluding hydrogens is 232 g/mol. The topological polar surface area (TPSA) is 48.0 Å². The maximum Gasteiger partial charge on any atom is 0.323 e. The molecule has 1 heterocycles. The molecule has 0 unspecified atom stereocenters. The second kappa shape index (κ2) is 2.88. The van der Waals surface area contributed by atoms with Crippen LogP contribution in [0.15, 0.2) is 34.9 Å². The molecule has 4 heteroatoms. The predicted octanol–water partition coefficient (Wildman–Crippen LogP) is 2.33. The summed E-state index contributed by atoms with van der Waals surface area (Å²) in [6, 6.07) is 7.10. The van der Waals surface area contributed by atoms with Gasteiger partial charge >= 0.3 is 6.03 Å². The number of hydrogen-bond donors (Lipinski definition) is 1. The van der Waals surface area contributed by atoms with E-state index in [1.807, 2.05) is 24.3 Å². The fraction of sp³-hybridized carbons (Fsp3) is 0. The Hall–Kier alpha value is -1.29. The van der Waals surface area contributed by atoms with E-state index in [1.54, 1.807) is 6.20 Å². The Morgan fingerprint density at radius 1 is 1.38 bits per heavy atom. The maximum absolute atomic E-state index is 11.0. The van der Waals surface area contributed by atoms with Crippen molar-refractivity contribution in [2.24, 2.45) is 5.73 Å². The number of nitrogens with two attached hydrogens (primary N) is 1. The van der Waals surface area contributed by atoms with E-state index in [2.05, 4.69) is 15.9 Å². The summed E-state index contributed by atoms with van der Waals surface area (Å²) < 4.78 is 2.35. The van der Waals surface area contributed by atoms with Crippen LogP contribution in [0.5, 0.6) is 0 Å². The lowest BCUT2D eigenvalue weighted by Gasteiger charge is -1.98. The normalized spacial score (nSPS) is 10.5. The number of hydrogen-bond acceptors (Lipinski definition) is 1. The summed E-state index contributed by atoms with van der Waals surface area (Å²) >= 11 is 3.33. The van der Waals surface area contributed by atoms with Crippen LogP contribution in [0.1, 0.15) is 0 Å². The van der Waals surface area contributed by atoms with Gasteiger partial charge in [0.2, 0.25) is 0 Å². The first-order valence-electron chi connectivity index (χ1n) is 3.75. The van der Waals surface area contributed by atoms with Crippen molar-refractivity contribution in [3.8, 4) is 0 Å². The van der Waals surface area contributed by atoms with Gasteiger partial charge in [0.15, 0.2) is 0 Å². The highest BCUT2D eigenvalue weighted by Crippen LogP contribution is 2.20. The fourth-order valence-corrected chi connectivity index (χ4v) is 1.64. The zero-order valence-electron chi connectivity index (χ0n) is 6.70. The van der Waals surface area contributed by atoms with Crippen LogP contribution in [0, 0.1) is 0 Å². The number of primary amides is 1. The highest BCUT2D eigenvalue weighted by atomic mass is 79.9. The van der Waals surface area contributed by atoms with Crippen molar-refractivity contribution in [1.82, 2.24) is 4.57 Å². The fourth-order valence-electron chi connectivity index (χ4n) is 1.29.